The van der Waals surface area contributed by atoms with Crippen molar-refractivity contribution in [1.82, 2.24) is 9.97 Å². The third-order valence-corrected chi connectivity index (χ3v) is 12.4. The van der Waals surface area contributed by atoms with Gasteiger partial charge in [0.2, 0.25) is 0 Å². The molecule has 3 aromatic heterocycles. The molecular weight excluding hydrogens is 821 g/mol. The molecule has 7 aromatic rings. The monoisotopic (exact) mass is 867 g/mol. The van der Waals surface area contributed by atoms with Crippen molar-refractivity contribution in [2.45, 2.75) is 72.5 Å². The Balaban J connectivity index is 0.000000211. The Morgan fingerprint density at radius 3 is 2.16 bits per heavy atom. The normalized spacial score (nSPS) is 11.7. The SMILES string of the molecule is CC(C)c1cc(-c2[c-]cccc2)ncc1[Si](C)(C)C.Cc1ccc(-c2ccccc2)c2c1sc1c[c-]c(-c3cc(C(C)(C)C)ccn3)cc12.[Ir]. The Kier molecular flexibility index (Phi) is 11.4. The van der Waals surface area contributed by atoms with Crippen molar-refractivity contribution < 1.29 is 20.1 Å². The van der Waals surface area contributed by atoms with Crippen LogP contribution in [0.3, 0.4) is 0 Å². The molecular formula is C45H46IrN2SSi-2. The molecule has 3 heterocycles. The van der Waals surface area contributed by atoms with Crippen molar-refractivity contribution in [2.75, 3.05) is 0 Å². The fourth-order valence-electron chi connectivity index (χ4n) is 6.28. The number of hydrogen-bond acceptors (Lipinski definition) is 3. The van der Waals surface area contributed by atoms with Gasteiger partial charge >= 0.3 is 0 Å². The van der Waals surface area contributed by atoms with E-state index in [4.69, 9.17) is 0 Å². The largest absolute Gasteiger partial charge is 0.305 e. The van der Waals surface area contributed by atoms with Crippen LogP contribution in [0.2, 0.25) is 19.6 Å². The maximum atomic E-state index is 4.66. The van der Waals surface area contributed by atoms with Crippen LogP contribution in [-0.2, 0) is 25.5 Å². The van der Waals surface area contributed by atoms with Crippen molar-refractivity contribution in [3.05, 3.63) is 138 Å². The van der Waals surface area contributed by atoms with E-state index in [-0.39, 0.29) is 25.5 Å². The summed E-state index contributed by atoms with van der Waals surface area (Å²) >= 11 is 1.86. The van der Waals surface area contributed by atoms with Gasteiger partial charge in [-0.3, -0.25) is 0 Å². The van der Waals surface area contributed by atoms with Crippen LogP contribution in [0, 0.1) is 19.1 Å². The zero-order chi connectivity index (χ0) is 34.9. The van der Waals surface area contributed by atoms with Crippen LogP contribution >= 0.6 is 11.3 Å². The first-order valence-corrected chi connectivity index (χ1v) is 21.5. The second kappa shape index (κ2) is 15.2. The molecule has 0 bridgehead atoms. The Morgan fingerprint density at radius 2 is 1.50 bits per heavy atom. The number of aromatic nitrogens is 2. The maximum Gasteiger partial charge on any atom is 0.0799 e. The minimum absolute atomic E-state index is 0. The second-order valence-electron chi connectivity index (χ2n) is 15.2. The average molecular weight is 867 g/mol. The molecule has 2 nitrogen and oxygen atoms in total. The van der Waals surface area contributed by atoms with Gasteiger partial charge in [-0.05, 0) is 73.2 Å². The van der Waals surface area contributed by atoms with E-state index in [0.29, 0.717) is 5.92 Å². The molecule has 1 radical (unpaired) electrons. The van der Waals surface area contributed by atoms with Crippen molar-refractivity contribution in [3.63, 3.8) is 0 Å². The van der Waals surface area contributed by atoms with Crippen molar-refractivity contribution in [3.8, 4) is 33.6 Å². The third-order valence-electron chi connectivity index (χ3n) is 9.09. The Morgan fingerprint density at radius 1 is 0.780 bits per heavy atom. The van der Waals surface area contributed by atoms with Gasteiger partial charge in [0.1, 0.15) is 0 Å². The number of hydrogen-bond donors (Lipinski definition) is 0. The summed E-state index contributed by atoms with van der Waals surface area (Å²) < 4.78 is 2.63. The van der Waals surface area contributed by atoms with E-state index in [1.54, 1.807) is 0 Å². The molecule has 0 unspecified atom stereocenters. The summed E-state index contributed by atoms with van der Waals surface area (Å²) in [6.07, 6.45) is 4.01. The van der Waals surface area contributed by atoms with Gasteiger partial charge in [0, 0.05) is 37.2 Å². The molecule has 5 heteroatoms. The van der Waals surface area contributed by atoms with Crippen LogP contribution in [0.25, 0.3) is 53.8 Å². The molecule has 0 aliphatic carbocycles. The van der Waals surface area contributed by atoms with Crippen LogP contribution in [0.5, 0.6) is 0 Å². The Hall–Kier alpha value is -3.73. The number of nitrogens with zero attached hydrogens (tertiary/aromatic N) is 2. The summed E-state index contributed by atoms with van der Waals surface area (Å²) in [5.74, 6) is 0.534. The summed E-state index contributed by atoms with van der Waals surface area (Å²) in [6, 6.07) is 40.9. The van der Waals surface area contributed by atoms with Gasteiger partial charge in [-0.2, -0.15) is 11.3 Å². The topological polar surface area (TPSA) is 25.8 Å². The molecule has 0 atom stereocenters. The van der Waals surface area contributed by atoms with E-state index in [1.165, 1.54) is 53.2 Å². The molecule has 0 N–H and O–H groups in total. The summed E-state index contributed by atoms with van der Waals surface area (Å²) in [7, 11) is -1.34. The van der Waals surface area contributed by atoms with E-state index in [1.807, 2.05) is 35.7 Å². The standard InChI is InChI=1S/C28H24NS.C17H22NSi.Ir/c1-18-10-12-22(19-8-6-5-7-9-19)26-23-16-20(11-13-25(23)30-27(18)26)24-17-21(14-15-29-24)28(2,3)4;1-13(2)15-11-16(14-9-7-6-8-10-14)18-12-17(15)19(3,4)5;/h5-10,12-17H,1-4H3;6-9,11-13H,1-5H3;/q2*-1;. The Bertz CT molecular complexity index is 2230. The first kappa shape index (κ1) is 37.5. The first-order valence-electron chi connectivity index (χ1n) is 17.2. The van der Waals surface area contributed by atoms with Crippen LogP contribution in [-0.4, -0.2) is 18.0 Å². The van der Waals surface area contributed by atoms with Gasteiger partial charge in [0.25, 0.3) is 0 Å². The van der Waals surface area contributed by atoms with Crippen molar-refractivity contribution in [1.29, 1.82) is 0 Å². The smallest absolute Gasteiger partial charge is 0.0799 e. The summed E-state index contributed by atoms with van der Waals surface area (Å²) in [5.41, 5.74) is 10.8. The van der Waals surface area contributed by atoms with Crippen LogP contribution < -0.4 is 5.19 Å². The van der Waals surface area contributed by atoms with E-state index < -0.39 is 8.07 Å². The molecule has 50 heavy (non-hydrogen) atoms. The zero-order valence-corrected chi connectivity index (χ0v) is 34.8. The quantitative estimate of drug-likeness (QED) is 0.127. The molecule has 257 valence electrons. The fourth-order valence-corrected chi connectivity index (χ4v) is 9.12. The van der Waals surface area contributed by atoms with Crippen LogP contribution in [0.4, 0.5) is 0 Å². The van der Waals surface area contributed by atoms with Crippen molar-refractivity contribution >= 4 is 44.8 Å². The number of fused-ring (bicyclic) bond motifs is 3. The van der Waals surface area contributed by atoms with Gasteiger partial charge in [-0.1, -0.05) is 120 Å². The molecule has 0 saturated heterocycles. The summed E-state index contributed by atoms with van der Waals surface area (Å²) in [5, 5.41) is 4.10. The third kappa shape index (κ3) is 8.08. The van der Waals surface area contributed by atoms with E-state index in [2.05, 4.69) is 168 Å². The van der Waals surface area contributed by atoms with Gasteiger partial charge in [0.05, 0.1) is 8.07 Å². The molecule has 4 aromatic carbocycles. The number of aryl methyl sites for hydroxylation is 1. The van der Waals surface area contributed by atoms with Gasteiger partial charge in [-0.25, -0.2) is 0 Å². The average Bonchev–Trinajstić information content (AvgIpc) is 3.48. The second-order valence-corrected chi connectivity index (χ2v) is 21.3. The molecule has 0 aliphatic rings. The molecule has 0 spiro atoms. The predicted octanol–water partition coefficient (Wildman–Crippen LogP) is 12.4. The van der Waals surface area contributed by atoms with E-state index in [0.717, 1.165) is 22.5 Å². The van der Waals surface area contributed by atoms with Crippen LogP contribution in [0.1, 0.15) is 57.2 Å². The predicted molar refractivity (Wildman–Crippen MR) is 216 cm³/mol. The summed E-state index contributed by atoms with van der Waals surface area (Å²) in [4.78, 5) is 9.33. The molecule has 0 amide bonds. The zero-order valence-electron chi connectivity index (χ0n) is 30.6. The first-order chi connectivity index (χ1) is 23.3. The molecule has 0 aliphatic heterocycles. The molecule has 7 rings (SSSR count). The van der Waals surface area contributed by atoms with E-state index in [9.17, 15) is 0 Å². The fraction of sp³-hybridized carbons (Fsp3) is 0.244. The number of rotatable bonds is 5. The van der Waals surface area contributed by atoms with Gasteiger partial charge in [0.15, 0.2) is 0 Å². The van der Waals surface area contributed by atoms with Crippen LogP contribution in [0.15, 0.2) is 109 Å². The maximum absolute atomic E-state index is 4.66. The number of benzene rings is 4. The molecule has 0 fully saturated rings. The van der Waals surface area contributed by atoms with E-state index >= 15 is 0 Å². The van der Waals surface area contributed by atoms with Gasteiger partial charge in [-0.15, -0.1) is 59.7 Å². The minimum Gasteiger partial charge on any atom is -0.305 e. The molecule has 0 saturated carbocycles. The number of pyridine rings is 2. The van der Waals surface area contributed by atoms with Crippen molar-refractivity contribution in [2.24, 2.45) is 0 Å². The number of thiophene rings is 1. The Labute approximate surface area is 317 Å². The minimum atomic E-state index is -1.34. The summed E-state index contributed by atoms with van der Waals surface area (Å²) in [6.45, 7) is 20.6. The van der Waals surface area contributed by atoms with Gasteiger partial charge < -0.3 is 9.97 Å².